The number of ether oxygens (including phenoxy) is 1. The monoisotopic (exact) mass is 346 g/mol. The first-order chi connectivity index (χ1) is 11.8. The van der Waals surface area contributed by atoms with E-state index in [9.17, 15) is 4.79 Å². The summed E-state index contributed by atoms with van der Waals surface area (Å²) >= 11 is 1.59. The maximum Gasteiger partial charge on any atom is 0.248 e. The van der Waals surface area contributed by atoms with Crippen molar-refractivity contribution in [3.63, 3.8) is 0 Å². The zero-order valence-corrected chi connectivity index (χ0v) is 15.2. The maximum absolute atomic E-state index is 12.3. The van der Waals surface area contributed by atoms with Gasteiger partial charge in [-0.25, -0.2) is 0 Å². The number of benzene rings is 1. The van der Waals surface area contributed by atoms with Gasteiger partial charge in [0, 0.05) is 19.6 Å². The zero-order valence-electron chi connectivity index (χ0n) is 14.4. The van der Waals surface area contributed by atoms with Gasteiger partial charge in [-0.15, -0.1) is 0 Å². The van der Waals surface area contributed by atoms with Gasteiger partial charge in [-0.05, 0) is 31.4 Å². The number of aromatic nitrogens is 1. The van der Waals surface area contributed by atoms with Crippen LogP contribution in [0.1, 0.15) is 45.4 Å². The van der Waals surface area contributed by atoms with E-state index in [1.807, 2.05) is 19.1 Å². The van der Waals surface area contributed by atoms with Crippen LogP contribution < -0.4 is 4.80 Å². The first kappa shape index (κ1) is 17.4. The summed E-state index contributed by atoms with van der Waals surface area (Å²) in [5, 5.41) is 0. The molecule has 1 saturated carbocycles. The molecule has 1 amide bonds. The Morgan fingerprint density at radius 2 is 2.12 bits per heavy atom. The van der Waals surface area contributed by atoms with E-state index in [4.69, 9.17) is 4.74 Å². The lowest BCUT2D eigenvalue weighted by Gasteiger charge is -2.06. The van der Waals surface area contributed by atoms with Crippen LogP contribution in [0.4, 0.5) is 0 Å². The number of para-hydroxylation sites is 1. The average Bonchev–Trinajstić information content (AvgIpc) is 3.21. The van der Waals surface area contributed by atoms with Crippen LogP contribution in [-0.4, -0.2) is 23.7 Å². The molecule has 0 atom stereocenters. The molecule has 1 aromatic carbocycles. The molecule has 1 aliphatic rings. The second kappa shape index (κ2) is 8.58. The van der Waals surface area contributed by atoms with E-state index in [0.717, 1.165) is 33.9 Å². The van der Waals surface area contributed by atoms with Crippen LogP contribution in [-0.2, 0) is 16.1 Å². The lowest BCUT2D eigenvalue weighted by Crippen LogP contribution is -2.19. The van der Waals surface area contributed by atoms with Crippen LogP contribution in [0.2, 0.25) is 0 Å². The van der Waals surface area contributed by atoms with Crippen molar-refractivity contribution in [2.75, 3.05) is 13.2 Å². The summed E-state index contributed by atoms with van der Waals surface area (Å²) in [6.45, 7) is 4.07. The summed E-state index contributed by atoms with van der Waals surface area (Å²) in [4.78, 5) is 17.5. The van der Waals surface area contributed by atoms with Gasteiger partial charge < -0.3 is 9.30 Å². The van der Waals surface area contributed by atoms with Crippen molar-refractivity contribution in [2.24, 2.45) is 10.9 Å². The molecule has 1 heterocycles. The fraction of sp³-hybridized carbons (Fsp3) is 0.579. The Kier molecular flexibility index (Phi) is 6.21. The normalized spacial score (nSPS) is 16.3. The van der Waals surface area contributed by atoms with E-state index in [1.54, 1.807) is 11.3 Å². The molecule has 0 spiro atoms. The summed E-state index contributed by atoms with van der Waals surface area (Å²) in [5.74, 6) is 0.746. The number of carbonyl (C=O) groups excluding carboxylic acids is 1. The molecule has 0 aliphatic heterocycles. The Morgan fingerprint density at radius 3 is 2.92 bits per heavy atom. The van der Waals surface area contributed by atoms with Crippen molar-refractivity contribution in [1.82, 2.24) is 4.57 Å². The second-order valence-electron chi connectivity index (χ2n) is 6.40. The van der Waals surface area contributed by atoms with Crippen molar-refractivity contribution in [3.8, 4) is 0 Å². The highest BCUT2D eigenvalue weighted by molar-refractivity contribution is 7.16. The Bertz CT molecular complexity index is 741. The molecule has 0 N–H and O–H groups in total. The third-order valence-electron chi connectivity index (χ3n) is 4.71. The van der Waals surface area contributed by atoms with Crippen molar-refractivity contribution >= 4 is 27.5 Å². The molecule has 0 radical (unpaired) electrons. The minimum Gasteiger partial charge on any atom is -0.380 e. The third kappa shape index (κ3) is 4.33. The molecule has 0 saturated heterocycles. The van der Waals surface area contributed by atoms with Gasteiger partial charge in [0.1, 0.15) is 0 Å². The molecule has 5 heteroatoms. The molecule has 2 aromatic rings. The smallest absolute Gasteiger partial charge is 0.248 e. The van der Waals surface area contributed by atoms with Crippen LogP contribution in [0.5, 0.6) is 0 Å². The molecule has 0 bridgehead atoms. The second-order valence-corrected chi connectivity index (χ2v) is 7.40. The highest BCUT2D eigenvalue weighted by Crippen LogP contribution is 2.28. The Balaban J connectivity index is 1.77. The van der Waals surface area contributed by atoms with E-state index in [2.05, 4.69) is 21.7 Å². The summed E-state index contributed by atoms with van der Waals surface area (Å²) in [5.41, 5.74) is 1.13. The number of nitrogens with zero attached hydrogens (tertiary/aromatic N) is 2. The molecular weight excluding hydrogens is 320 g/mol. The molecule has 1 aliphatic carbocycles. The lowest BCUT2D eigenvalue weighted by atomic mass is 10.0. The SMILES string of the molecule is CCOCCn1c(=NC(=O)CCC2CCCC2)sc2ccccc21. The van der Waals surface area contributed by atoms with E-state index in [0.29, 0.717) is 19.6 Å². The lowest BCUT2D eigenvalue weighted by molar-refractivity contribution is -0.118. The van der Waals surface area contributed by atoms with Gasteiger partial charge in [0.15, 0.2) is 4.80 Å². The number of amides is 1. The van der Waals surface area contributed by atoms with E-state index in [-0.39, 0.29) is 5.91 Å². The highest BCUT2D eigenvalue weighted by atomic mass is 32.1. The number of thiazole rings is 1. The van der Waals surface area contributed by atoms with Gasteiger partial charge in [-0.2, -0.15) is 4.99 Å². The van der Waals surface area contributed by atoms with Crippen LogP contribution in [0.25, 0.3) is 10.2 Å². The predicted octanol–water partition coefficient (Wildman–Crippen LogP) is 4.14. The molecule has 1 aromatic heterocycles. The van der Waals surface area contributed by atoms with Gasteiger partial charge >= 0.3 is 0 Å². The number of carbonyl (C=O) groups is 1. The molecule has 1 fully saturated rings. The molecule has 0 unspecified atom stereocenters. The highest BCUT2D eigenvalue weighted by Gasteiger charge is 2.16. The number of fused-ring (bicyclic) bond motifs is 1. The van der Waals surface area contributed by atoms with Crippen LogP contribution in [0, 0.1) is 5.92 Å². The molecule has 24 heavy (non-hydrogen) atoms. The standard InChI is InChI=1S/C19H26N2O2S/c1-2-23-14-13-21-16-9-5-6-10-17(16)24-19(21)20-18(22)12-11-15-7-3-4-8-15/h5-6,9-10,15H,2-4,7-8,11-14H2,1H3. The number of hydrogen-bond donors (Lipinski definition) is 0. The summed E-state index contributed by atoms with van der Waals surface area (Å²) in [6, 6.07) is 8.22. The van der Waals surface area contributed by atoms with Crippen molar-refractivity contribution in [2.45, 2.75) is 52.0 Å². The number of hydrogen-bond acceptors (Lipinski definition) is 3. The van der Waals surface area contributed by atoms with E-state index in [1.165, 1.54) is 25.7 Å². The third-order valence-corrected chi connectivity index (χ3v) is 5.77. The van der Waals surface area contributed by atoms with Crippen LogP contribution >= 0.6 is 11.3 Å². The topological polar surface area (TPSA) is 43.6 Å². The van der Waals surface area contributed by atoms with Gasteiger partial charge in [0.2, 0.25) is 5.91 Å². The predicted molar refractivity (Wildman–Crippen MR) is 98.1 cm³/mol. The zero-order chi connectivity index (χ0) is 16.8. The first-order valence-corrected chi connectivity index (χ1v) is 9.83. The van der Waals surface area contributed by atoms with Crippen LogP contribution in [0.3, 0.4) is 0 Å². The quantitative estimate of drug-likeness (QED) is 0.707. The van der Waals surface area contributed by atoms with Gasteiger partial charge in [-0.3, -0.25) is 4.79 Å². The summed E-state index contributed by atoms with van der Waals surface area (Å²) in [7, 11) is 0. The molecule has 130 valence electrons. The molecular formula is C19H26N2O2S. The Morgan fingerprint density at radius 1 is 1.33 bits per heavy atom. The minimum atomic E-state index is 0.0126. The Hall–Kier alpha value is -1.46. The first-order valence-electron chi connectivity index (χ1n) is 9.01. The fourth-order valence-corrected chi connectivity index (χ4v) is 4.49. The summed E-state index contributed by atoms with van der Waals surface area (Å²) < 4.78 is 8.77. The average molecular weight is 346 g/mol. The number of rotatable bonds is 7. The van der Waals surface area contributed by atoms with E-state index >= 15 is 0 Å². The van der Waals surface area contributed by atoms with Crippen molar-refractivity contribution in [1.29, 1.82) is 0 Å². The fourth-order valence-electron chi connectivity index (χ4n) is 3.41. The molecule has 3 rings (SSSR count). The van der Waals surface area contributed by atoms with Crippen molar-refractivity contribution < 1.29 is 9.53 Å². The van der Waals surface area contributed by atoms with Gasteiger partial charge in [0.05, 0.1) is 16.8 Å². The minimum absolute atomic E-state index is 0.0126. The maximum atomic E-state index is 12.3. The van der Waals surface area contributed by atoms with Gasteiger partial charge in [0.25, 0.3) is 0 Å². The van der Waals surface area contributed by atoms with E-state index < -0.39 is 0 Å². The summed E-state index contributed by atoms with van der Waals surface area (Å²) in [6.07, 6.45) is 6.78. The Labute approximate surface area is 147 Å². The largest absolute Gasteiger partial charge is 0.380 e. The van der Waals surface area contributed by atoms with Gasteiger partial charge in [-0.1, -0.05) is 49.2 Å². The van der Waals surface area contributed by atoms with Crippen molar-refractivity contribution in [3.05, 3.63) is 29.1 Å². The van der Waals surface area contributed by atoms with Crippen LogP contribution in [0.15, 0.2) is 29.3 Å². The molecule has 4 nitrogen and oxygen atoms in total.